The lowest BCUT2D eigenvalue weighted by Crippen LogP contribution is -2.23. The first kappa shape index (κ1) is 19.7. The molecule has 1 fully saturated rings. The second-order valence-electron chi connectivity index (χ2n) is 5.41. The topological polar surface area (TPSA) is 51.1 Å². The summed E-state index contributed by atoms with van der Waals surface area (Å²) in [6, 6.07) is 3.81. The predicted octanol–water partition coefficient (Wildman–Crippen LogP) is 3.36. The Morgan fingerprint density at radius 1 is 1.42 bits per heavy atom. The van der Waals surface area contributed by atoms with Crippen molar-refractivity contribution in [1.82, 2.24) is 4.90 Å². The number of hydrogen-bond donors (Lipinski definition) is 0. The summed E-state index contributed by atoms with van der Waals surface area (Å²) < 4.78 is 11.4. The van der Waals surface area contributed by atoms with Gasteiger partial charge in [-0.1, -0.05) is 12.0 Å². The molecular weight excluding hydrogens is 348 g/mol. The first-order valence-electron chi connectivity index (χ1n) is 8.16. The molecule has 1 amide bonds. The van der Waals surface area contributed by atoms with Crippen LogP contribution >= 0.6 is 11.8 Å². The number of carbonyl (C=O) groups excluding carboxylic acids is 1. The molecule has 6 heteroatoms. The molecule has 1 heterocycles. The highest BCUT2D eigenvalue weighted by atomic mass is 32.2. The molecule has 5 nitrogen and oxygen atoms in total. The Balaban J connectivity index is 2.49. The van der Waals surface area contributed by atoms with Crippen LogP contribution in [0, 0.1) is 12.3 Å². The smallest absolute Gasteiger partial charge is 0.266 e. The van der Waals surface area contributed by atoms with Gasteiger partial charge in [0, 0.05) is 19.7 Å². The second kappa shape index (κ2) is 9.16. The molecule has 0 aromatic heterocycles. The van der Waals surface area contributed by atoms with Crippen molar-refractivity contribution in [2.45, 2.75) is 13.3 Å². The maximum Gasteiger partial charge on any atom is 0.266 e. The van der Waals surface area contributed by atoms with Gasteiger partial charge in [0.2, 0.25) is 0 Å². The van der Waals surface area contributed by atoms with E-state index >= 15 is 0 Å². The number of hydrogen-bond acceptors (Lipinski definition) is 5. The number of aliphatic imine (C=N–C) groups is 1. The van der Waals surface area contributed by atoms with Crippen molar-refractivity contribution in [3.63, 3.8) is 0 Å². The highest BCUT2D eigenvalue weighted by Crippen LogP contribution is 2.37. The lowest BCUT2D eigenvalue weighted by Gasteiger charge is -2.15. The normalized spacial score (nSPS) is 16.8. The third-order valence-corrected chi connectivity index (χ3v) is 4.76. The molecule has 0 saturated carbocycles. The Labute approximate surface area is 158 Å². The Morgan fingerprint density at radius 2 is 2.19 bits per heavy atom. The fraction of sp³-hybridized carbons (Fsp3) is 0.300. The molecule has 2 rings (SSSR count). The van der Waals surface area contributed by atoms with Crippen LogP contribution in [-0.4, -0.2) is 43.3 Å². The zero-order valence-electron chi connectivity index (χ0n) is 15.2. The summed E-state index contributed by atoms with van der Waals surface area (Å²) in [5.41, 5.74) is 1.75. The van der Waals surface area contributed by atoms with Crippen LogP contribution in [0.1, 0.15) is 18.1 Å². The van der Waals surface area contributed by atoms with Crippen molar-refractivity contribution >= 4 is 28.9 Å². The van der Waals surface area contributed by atoms with E-state index in [0.717, 1.165) is 11.1 Å². The summed E-state index contributed by atoms with van der Waals surface area (Å²) in [7, 11) is 3.38. The number of rotatable bonds is 7. The zero-order chi connectivity index (χ0) is 19.1. The fourth-order valence-corrected chi connectivity index (χ4v) is 3.44. The molecule has 0 spiro atoms. The number of allylic oxidation sites excluding steroid dienone is 1. The van der Waals surface area contributed by atoms with Gasteiger partial charge >= 0.3 is 0 Å². The van der Waals surface area contributed by atoms with E-state index in [9.17, 15) is 4.79 Å². The van der Waals surface area contributed by atoms with Gasteiger partial charge < -0.3 is 9.47 Å². The minimum atomic E-state index is -0.0773. The lowest BCUT2D eigenvalue weighted by molar-refractivity contribution is -0.121. The number of nitrogens with zero attached hydrogens (tertiary/aromatic N) is 2. The van der Waals surface area contributed by atoms with Gasteiger partial charge in [-0.3, -0.25) is 14.7 Å². The number of carbonyl (C=O) groups is 1. The number of terminal acetylenes is 1. The van der Waals surface area contributed by atoms with Crippen LogP contribution in [0.3, 0.4) is 0 Å². The van der Waals surface area contributed by atoms with Gasteiger partial charge in [-0.15, -0.1) is 13.0 Å². The van der Waals surface area contributed by atoms with Gasteiger partial charge in [0.25, 0.3) is 5.91 Å². The summed E-state index contributed by atoms with van der Waals surface area (Å²) >= 11 is 1.35. The van der Waals surface area contributed by atoms with Gasteiger partial charge in [-0.05, 0) is 48.9 Å². The number of thioether (sulfide) groups is 1. The molecule has 136 valence electrons. The van der Waals surface area contributed by atoms with E-state index in [1.807, 2.05) is 25.1 Å². The fourth-order valence-electron chi connectivity index (χ4n) is 2.52. The molecule has 0 atom stereocenters. The highest BCUT2D eigenvalue weighted by Gasteiger charge is 2.29. The monoisotopic (exact) mass is 370 g/mol. The van der Waals surface area contributed by atoms with Crippen LogP contribution < -0.4 is 9.47 Å². The van der Waals surface area contributed by atoms with Crippen molar-refractivity contribution < 1.29 is 14.3 Å². The van der Waals surface area contributed by atoms with Crippen molar-refractivity contribution in [3.8, 4) is 23.8 Å². The van der Waals surface area contributed by atoms with Crippen molar-refractivity contribution in [1.29, 1.82) is 0 Å². The Hall–Kier alpha value is -2.65. The molecule has 0 bridgehead atoms. The molecule has 0 unspecified atom stereocenters. The van der Waals surface area contributed by atoms with E-state index in [2.05, 4.69) is 17.5 Å². The lowest BCUT2D eigenvalue weighted by atomic mass is 10.0. The number of amides is 1. The Kier molecular flexibility index (Phi) is 6.93. The predicted molar refractivity (Wildman–Crippen MR) is 108 cm³/mol. The van der Waals surface area contributed by atoms with E-state index in [4.69, 9.17) is 15.9 Å². The largest absolute Gasteiger partial charge is 0.490 e. The molecule has 1 aliphatic rings. The van der Waals surface area contributed by atoms with Crippen LogP contribution in [0.2, 0.25) is 0 Å². The quantitative estimate of drug-likeness (QED) is 0.420. The molecule has 0 N–H and O–H groups in total. The summed E-state index contributed by atoms with van der Waals surface area (Å²) in [6.07, 6.45) is 9.54. The van der Waals surface area contributed by atoms with E-state index in [1.54, 1.807) is 20.2 Å². The molecule has 1 aromatic rings. The van der Waals surface area contributed by atoms with Crippen LogP contribution in [0.5, 0.6) is 11.5 Å². The molecular formula is C20H22N2O3S. The van der Waals surface area contributed by atoms with Gasteiger partial charge in [0.05, 0.1) is 11.5 Å². The number of ether oxygens (including phenoxy) is 2. The van der Waals surface area contributed by atoms with Crippen LogP contribution in [0.4, 0.5) is 0 Å². The van der Waals surface area contributed by atoms with E-state index in [-0.39, 0.29) is 12.5 Å². The van der Waals surface area contributed by atoms with Gasteiger partial charge in [0.1, 0.15) is 6.61 Å². The first-order valence-corrected chi connectivity index (χ1v) is 8.98. The average Bonchev–Trinajstić information content (AvgIpc) is 2.89. The number of likely N-dealkylation sites (N-methyl/N-ethyl adjacent to an activating group) is 1. The van der Waals surface area contributed by atoms with Gasteiger partial charge in [0.15, 0.2) is 16.7 Å². The molecule has 1 saturated heterocycles. The van der Waals surface area contributed by atoms with E-state index in [1.165, 1.54) is 16.7 Å². The van der Waals surface area contributed by atoms with Crippen LogP contribution in [0.25, 0.3) is 6.08 Å². The first-order chi connectivity index (χ1) is 12.5. The Morgan fingerprint density at radius 3 is 2.77 bits per heavy atom. The third-order valence-electron chi connectivity index (χ3n) is 3.61. The van der Waals surface area contributed by atoms with Crippen LogP contribution in [-0.2, 0) is 11.2 Å². The van der Waals surface area contributed by atoms with Crippen molar-refractivity contribution in [3.05, 3.63) is 40.8 Å². The zero-order valence-corrected chi connectivity index (χ0v) is 16.1. The summed E-state index contributed by atoms with van der Waals surface area (Å²) in [4.78, 5) is 18.6. The number of amidine groups is 1. The maximum atomic E-state index is 12.4. The highest BCUT2D eigenvalue weighted by molar-refractivity contribution is 8.18. The summed E-state index contributed by atoms with van der Waals surface area (Å²) in [5, 5.41) is 0.673. The van der Waals surface area contributed by atoms with Crippen LogP contribution in [0.15, 0.2) is 34.7 Å². The summed E-state index contributed by atoms with van der Waals surface area (Å²) in [6.45, 7) is 6.34. The summed E-state index contributed by atoms with van der Waals surface area (Å²) in [5.74, 6) is 3.61. The van der Waals surface area contributed by atoms with Gasteiger partial charge in [-0.25, -0.2) is 0 Å². The minimum absolute atomic E-state index is 0.0773. The maximum absolute atomic E-state index is 12.4. The van der Waals surface area contributed by atoms with E-state index in [0.29, 0.717) is 34.6 Å². The minimum Gasteiger partial charge on any atom is -0.490 e. The average molecular weight is 370 g/mol. The van der Waals surface area contributed by atoms with Gasteiger partial charge in [-0.2, -0.15) is 0 Å². The Bertz CT molecular complexity index is 806. The molecule has 0 aliphatic carbocycles. The molecule has 1 aliphatic heterocycles. The molecule has 26 heavy (non-hydrogen) atoms. The standard InChI is InChI=1S/C20H22N2O3S/c1-6-9-15-11-14(12-16(24-8-3)18(15)25-10-7-2)13-17-19(23)22(5)20(21-4)26-17/h2,6,11-13H,1,8-10H2,3-5H3/b17-13-,21-20?. The van der Waals surface area contributed by atoms with E-state index < -0.39 is 0 Å². The number of benzene rings is 1. The molecule has 1 aromatic carbocycles. The van der Waals surface area contributed by atoms with Crippen molar-refractivity contribution in [2.24, 2.45) is 4.99 Å². The SMILES string of the molecule is C#CCOc1c(CC=C)cc(/C=C2\SC(=NC)N(C)C2=O)cc1OCC. The third kappa shape index (κ3) is 4.30. The molecule has 0 radical (unpaired) electrons. The van der Waals surface area contributed by atoms with Crippen molar-refractivity contribution in [2.75, 3.05) is 27.3 Å². The second-order valence-corrected chi connectivity index (χ2v) is 6.42.